The Morgan fingerprint density at radius 3 is 2.63 bits per heavy atom. The van der Waals surface area contributed by atoms with Crippen molar-refractivity contribution in [3.8, 4) is 0 Å². The lowest BCUT2D eigenvalue weighted by atomic mass is 9.90. The van der Waals surface area contributed by atoms with Crippen LogP contribution in [-0.4, -0.2) is 59.9 Å². The standard InChI is InChI=1S/C21H33N3O3/c1-21(2,3)20(26)24-12-5-7-18(16-24)19(25)23(13-6-14-27-4)15-17-8-10-22-11-9-17/h8-11,18H,5-7,12-16H2,1-4H3. The van der Waals surface area contributed by atoms with E-state index in [1.807, 2.05) is 42.7 Å². The first kappa shape index (κ1) is 21.4. The first-order chi connectivity index (χ1) is 12.8. The van der Waals surface area contributed by atoms with E-state index in [0.29, 0.717) is 26.2 Å². The number of piperidine rings is 1. The number of ether oxygens (including phenoxy) is 1. The normalized spacial score (nSPS) is 17.6. The van der Waals surface area contributed by atoms with Crippen LogP contribution in [0.1, 0.15) is 45.6 Å². The predicted molar refractivity (Wildman–Crippen MR) is 105 cm³/mol. The number of aromatic nitrogens is 1. The van der Waals surface area contributed by atoms with Crippen LogP contribution in [-0.2, 0) is 20.9 Å². The summed E-state index contributed by atoms with van der Waals surface area (Å²) in [6, 6.07) is 3.87. The van der Waals surface area contributed by atoms with Crippen LogP contribution >= 0.6 is 0 Å². The van der Waals surface area contributed by atoms with Gasteiger partial charge in [-0.15, -0.1) is 0 Å². The Bertz CT molecular complexity index is 613. The Morgan fingerprint density at radius 1 is 1.30 bits per heavy atom. The Hall–Kier alpha value is -1.95. The minimum atomic E-state index is -0.417. The molecule has 1 aliphatic heterocycles. The molecular weight excluding hydrogens is 342 g/mol. The molecule has 0 aromatic carbocycles. The zero-order valence-corrected chi connectivity index (χ0v) is 17.1. The molecule has 1 aliphatic rings. The molecule has 0 radical (unpaired) electrons. The summed E-state index contributed by atoms with van der Waals surface area (Å²) in [7, 11) is 1.67. The van der Waals surface area contributed by atoms with Crippen molar-refractivity contribution in [2.45, 2.75) is 46.6 Å². The van der Waals surface area contributed by atoms with Gasteiger partial charge >= 0.3 is 0 Å². The van der Waals surface area contributed by atoms with E-state index >= 15 is 0 Å². The zero-order chi connectivity index (χ0) is 19.9. The molecule has 0 aliphatic carbocycles. The fourth-order valence-corrected chi connectivity index (χ4v) is 3.47. The highest BCUT2D eigenvalue weighted by Gasteiger charge is 2.34. The number of pyridine rings is 1. The van der Waals surface area contributed by atoms with Crippen molar-refractivity contribution in [3.05, 3.63) is 30.1 Å². The molecule has 1 aromatic rings. The van der Waals surface area contributed by atoms with Crippen LogP contribution in [0.5, 0.6) is 0 Å². The van der Waals surface area contributed by atoms with Gasteiger partial charge in [0.25, 0.3) is 0 Å². The fraction of sp³-hybridized carbons (Fsp3) is 0.667. The number of amides is 2. The van der Waals surface area contributed by atoms with Gasteiger partial charge in [0, 0.05) is 57.7 Å². The largest absolute Gasteiger partial charge is 0.385 e. The maximum Gasteiger partial charge on any atom is 0.227 e. The van der Waals surface area contributed by atoms with Crippen LogP contribution in [0.25, 0.3) is 0 Å². The number of carbonyl (C=O) groups excluding carboxylic acids is 2. The second kappa shape index (κ2) is 9.83. The number of rotatable bonds is 7. The van der Waals surface area contributed by atoms with E-state index in [0.717, 1.165) is 31.4 Å². The molecule has 6 heteroatoms. The van der Waals surface area contributed by atoms with Gasteiger partial charge in [0.15, 0.2) is 0 Å². The van der Waals surface area contributed by atoms with E-state index in [-0.39, 0.29) is 17.7 Å². The van der Waals surface area contributed by atoms with E-state index in [2.05, 4.69) is 4.98 Å². The van der Waals surface area contributed by atoms with Gasteiger partial charge < -0.3 is 14.5 Å². The first-order valence-corrected chi connectivity index (χ1v) is 9.79. The summed E-state index contributed by atoms with van der Waals surface area (Å²) in [4.78, 5) is 33.7. The molecular formula is C21H33N3O3. The van der Waals surface area contributed by atoms with Crippen LogP contribution in [0.4, 0.5) is 0 Å². The highest BCUT2D eigenvalue weighted by molar-refractivity contribution is 5.84. The Morgan fingerprint density at radius 2 is 2.00 bits per heavy atom. The summed E-state index contributed by atoms with van der Waals surface area (Å²) in [5, 5.41) is 0. The Kier molecular flexibility index (Phi) is 7.78. The molecule has 2 rings (SSSR count). The lowest BCUT2D eigenvalue weighted by molar-refractivity contribution is -0.145. The van der Waals surface area contributed by atoms with Crippen molar-refractivity contribution in [2.75, 3.05) is 33.4 Å². The van der Waals surface area contributed by atoms with E-state index in [1.54, 1.807) is 19.5 Å². The van der Waals surface area contributed by atoms with Crippen molar-refractivity contribution in [1.82, 2.24) is 14.8 Å². The number of nitrogens with zero attached hydrogens (tertiary/aromatic N) is 3. The highest BCUT2D eigenvalue weighted by Crippen LogP contribution is 2.25. The maximum atomic E-state index is 13.2. The summed E-state index contributed by atoms with van der Waals surface area (Å²) in [6.07, 6.45) is 6.00. The van der Waals surface area contributed by atoms with Crippen molar-refractivity contribution >= 4 is 11.8 Å². The molecule has 0 N–H and O–H groups in total. The minimum absolute atomic E-state index is 0.125. The van der Waals surface area contributed by atoms with Crippen LogP contribution in [0, 0.1) is 11.3 Å². The van der Waals surface area contributed by atoms with Crippen LogP contribution in [0.15, 0.2) is 24.5 Å². The lowest BCUT2D eigenvalue weighted by Gasteiger charge is -2.37. The van der Waals surface area contributed by atoms with Gasteiger partial charge in [0.05, 0.1) is 5.92 Å². The van der Waals surface area contributed by atoms with Crippen molar-refractivity contribution < 1.29 is 14.3 Å². The number of hydrogen-bond acceptors (Lipinski definition) is 4. The van der Waals surface area contributed by atoms with E-state index < -0.39 is 5.41 Å². The fourth-order valence-electron chi connectivity index (χ4n) is 3.47. The first-order valence-electron chi connectivity index (χ1n) is 9.79. The Balaban J connectivity index is 2.07. The summed E-state index contributed by atoms with van der Waals surface area (Å²) < 4.78 is 5.15. The third kappa shape index (κ3) is 6.31. The molecule has 1 unspecified atom stereocenters. The monoisotopic (exact) mass is 375 g/mol. The number of carbonyl (C=O) groups is 2. The quantitative estimate of drug-likeness (QED) is 0.688. The lowest BCUT2D eigenvalue weighted by Crippen LogP contribution is -2.49. The topological polar surface area (TPSA) is 62.7 Å². The van der Waals surface area contributed by atoms with Crippen LogP contribution in [0.2, 0.25) is 0 Å². The molecule has 27 heavy (non-hydrogen) atoms. The maximum absolute atomic E-state index is 13.2. The average molecular weight is 376 g/mol. The van der Waals surface area contributed by atoms with Crippen molar-refractivity contribution in [1.29, 1.82) is 0 Å². The van der Waals surface area contributed by atoms with E-state index in [1.165, 1.54) is 0 Å². The summed E-state index contributed by atoms with van der Waals surface area (Å²) in [5.41, 5.74) is 0.648. The van der Waals surface area contributed by atoms with E-state index in [9.17, 15) is 9.59 Å². The molecule has 2 heterocycles. The number of likely N-dealkylation sites (tertiary alicyclic amines) is 1. The molecule has 1 atom stereocenters. The van der Waals surface area contributed by atoms with Crippen LogP contribution in [0.3, 0.4) is 0 Å². The molecule has 0 bridgehead atoms. The second-order valence-corrected chi connectivity index (χ2v) is 8.30. The van der Waals surface area contributed by atoms with Gasteiger partial charge in [-0.1, -0.05) is 20.8 Å². The van der Waals surface area contributed by atoms with Gasteiger partial charge in [-0.25, -0.2) is 0 Å². The van der Waals surface area contributed by atoms with Gasteiger partial charge in [-0.2, -0.15) is 0 Å². The van der Waals surface area contributed by atoms with Crippen molar-refractivity contribution in [3.63, 3.8) is 0 Å². The minimum Gasteiger partial charge on any atom is -0.385 e. The molecule has 1 aromatic heterocycles. The number of methoxy groups -OCH3 is 1. The highest BCUT2D eigenvalue weighted by atomic mass is 16.5. The summed E-state index contributed by atoms with van der Waals surface area (Å²) >= 11 is 0. The van der Waals surface area contributed by atoms with E-state index in [4.69, 9.17) is 4.74 Å². The number of hydrogen-bond donors (Lipinski definition) is 0. The molecule has 0 saturated carbocycles. The van der Waals surface area contributed by atoms with Crippen LogP contribution < -0.4 is 0 Å². The van der Waals surface area contributed by atoms with Gasteiger partial charge in [-0.05, 0) is 37.0 Å². The predicted octanol–water partition coefficient (Wildman–Crippen LogP) is 2.73. The second-order valence-electron chi connectivity index (χ2n) is 8.30. The van der Waals surface area contributed by atoms with Gasteiger partial charge in [0.2, 0.25) is 11.8 Å². The Labute approximate surface area is 162 Å². The third-order valence-electron chi connectivity index (χ3n) is 4.91. The van der Waals surface area contributed by atoms with Crippen molar-refractivity contribution in [2.24, 2.45) is 11.3 Å². The zero-order valence-electron chi connectivity index (χ0n) is 17.1. The smallest absolute Gasteiger partial charge is 0.227 e. The van der Waals surface area contributed by atoms with Gasteiger partial charge in [0.1, 0.15) is 0 Å². The molecule has 6 nitrogen and oxygen atoms in total. The molecule has 1 saturated heterocycles. The molecule has 2 amide bonds. The summed E-state index contributed by atoms with van der Waals surface area (Å²) in [5.74, 6) is 0.129. The SMILES string of the molecule is COCCCN(Cc1ccncc1)C(=O)C1CCCN(C(=O)C(C)(C)C)C1. The summed E-state index contributed by atoms with van der Waals surface area (Å²) in [6.45, 7) is 8.90. The molecule has 0 spiro atoms. The molecule has 1 fully saturated rings. The van der Waals surface area contributed by atoms with Gasteiger partial charge in [-0.3, -0.25) is 14.6 Å². The average Bonchev–Trinajstić information content (AvgIpc) is 2.66. The third-order valence-corrected chi connectivity index (χ3v) is 4.91. The molecule has 150 valence electrons.